The molecule has 0 amide bonds. The maximum atomic E-state index is 13.7. The van der Waals surface area contributed by atoms with Gasteiger partial charge in [0.05, 0.1) is 12.2 Å². The molecule has 6 nitrogen and oxygen atoms in total. The van der Waals surface area contributed by atoms with Crippen LogP contribution in [0.3, 0.4) is 0 Å². The van der Waals surface area contributed by atoms with Crippen LogP contribution in [0.25, 0.3) is 11.1 Å². The number of phenols is 1. The molecule has 32 heavy (non-hydrogen) atoms. The topological polar surface area (TPSA) is 81.1 Å². The van der Waals surface area contributed by atoms with Gasteiger partial charge in [-0.15, -0.1) is 0 Å². The third-order valence-corrected chi connectivity index (χ3v) is 5.45. The molecule has 164 valence electrons. The summed E-state index contributed by atoms with van der Waals surface area (Å²) >= 11 is 0. The van der Waals surface area contributed by atoms with E-state index < -0.39 is 0 Å². The van der Waals surface area contributed by atoms with E-state index in [2.05, 4.69) is 10.1 Å². The molecule has 0 atom stereocenters. The highest BCUT2D eigenvalue weighted by Gasteiger charge is 2.20. The minimum Gasteiger partial charge on any atom is -0.507 e. The smallest absolute Gasteiger partial charge is 0.270 e. The van der Waals surface area contributed by atoms with Gasteiger partial charge in [0.1, 0.15) is 23.0 Å². The highest BCUT2D eigenvalue weighted by atomic mass is 19.1. The van der Waals surface area contributed by atoms with E-state index in [0.717, 1.165) is 5.56 Å². The average Bonchev–Trinajstić information content (AvgIpc) is 3.07. The van der Waals surface area contributed by atoms with E-state index in [1.54, 1.807) is 44.2 Å². The lowest BCUT2D eigenvalue weighted by atomic mass is 9.94. The maximum Gasteiger partial charge on any atom is 0.270 e. The van der Waals surface area contributed by atoms with Crippen LogP contribution in [0.2, 0.25) is 0 Å². The van der Waals surface area contributed by atoms with Crippen molar-refractivity contribution in [2.24, 2.45) is 0 Å². The molecular weight excluding hydrogens is 409 g/mol. The van der Waals surface area contributed by atoms with Crippen LogP contribution in [0.5, 0.6) is 5.75 Å². The van der Waals surface area contributed by atoms with E-state index in [0.29, 0.717) is 52.6 Å². The summed E-state index contributed by atoms with van der Waals surface area (Å²) in [5, 5.41) is 15.0. The molecule has 7 heteroatoms. The molecule has 2 heterocycles. The number of hydrogen-bond donors (Lipinski definition) is 1. The number of nitrogens with zero attached hydrogens (tertiary/aromatic N) is 3. The zero-order chi connectivity index (χ0) is 22.8. The number of phenolic OH excluding ortho intramolecular Hbond substituents is 1. The number of benzene rings is 2. The van der Waals surface area contributed by atoms with Gasteiger partial charge in [0.25, 0.3) is 5.56 Å². The van der Waals surface area contributed by atoms with Crippen LogP contribution in [0.1, 0.15) is 34.2 Å². The van der Waals surface area contributed by atoms with Gasteiger partial charge >= 0.3 is 0 Å². The first-order chi connectivity index (χ1) is 15.3. The van der Waals surface area contributed by atoms with Crippen molar-refractivity contribution in [3.8, 4) is 16.9 Å². The minimum atomic E-state index is -0.316. The van der Waals surface area contributed by atoms with Crippen molar-refractivity contribution < 1.29 is 13.9 Å². The molecule has 0 bridgehead atoms. The predicted molar refractivity (Wildman–Crippen MR) is 119 cm³/mol. The number of aryl methyl sites for hydroxylation is 4. The predicted octanol–water partition coefficient (Wildman–Crippen LogP) is 4.50. The van der Waals surface area contributed by atoms with Gasteiger partial charge in [0.2, 0.25) is 0 Å². The van der Waals surface area contributed by atoms with Crippen molar-refractivity contribution in [1.29, 1.82) is 0 Å². The van der Waals surface area contributed by atoms with Gasteiger partial charge in [0.15, 0.2) is 5.89 Å². The third kappa shape index (κ3) is 4.32. The number of rotatable bonds is 6. The molecule has 0 fully saturated rings. The van der Waals surface area contributed by atoms with Crippen LogP contribution >= 0.6 is 0 Å². The van der Waals surface area contributed by atoms with Gasteiger partial charge in [-0.25, -0.2) is 14.1 Å². The zero-order valence-electron chi connectivity index (χ0n) is 18.2. The summed E-state index contributed by atoms with van der Waals surface area (Å²) in [6.07, 6.45) is 0.839. The van der Waals surface area contributed by atoms with Crippen LogP contribution < -0.4 is 5.56 Å². The Labute approximate surface area is 185 Å². The fourth-order valence-corrected chi connectivity index (χ4v) is 3.96. The first kappa shape index (κ1) is 21.5. The molecule has 2 aromatic carbocycles. The van der Waals surface area contributed by atoms with Crippen LogP contribution in [-0.2, 0) is 19.4 Å². The number of para-hydroxylation sites is 1. The fourth-order valence-electron chi connectivity index (χ4n) is 3.96. The number of aromatic hydroxyl groups is 1. The van der Waals surface area contributed by atoms with Crippen molar-refractivity contribution in [2.75, 3.05) is 0 Å². The second-order valence-corrected chi connectivity index (χ2v) is 7.78. The molecule has 0 aliphatic heterocycles. The van der Waals surface area contributed by atoms with Gasteiger partial charge in [-0.1, -0.05) is 30.3 Å². The van der Waals surface area contributed by atoms with E-state index in [1.807, 2.05) is 13.0 Å². The van der Waals surface area contributed by atoms with Crippen molar-refractivity contribution in [2.45, 2.75) is 40.2 Å². The molecule has 0 saturated carbocycles. The normalized spacial score (nSPS) is 11.1. The summed E-state index contributed by atoms with van der Waals surface area (Å²) in [5.74, 6) is 0.924. The molecule has 1 N–H and O–H groups in total. The lowest BCUT2D eigenvalue weighted by Gasteiger charge is -2.16. The number of oxazole rings is 1. The molecule has 0 aliphatic rings. The lowest BCUT2D eigenvalue weighted by Crippen LogP contribution is -2.29. The van der Waals surface area contributed by atoms with E-state index in [-0.39, 0.29) is 23.7 Å². The first-order valence-corrected chi connectivity index (χ1v) is 10.4. The molecule has 0 radical (unpaired) electrons. The minimum absolute atomic E-state index is 0.0736. The maximum absolute atomic E-state index is 13.7. The highest BCUT2D eigenvalue weighted by molar-refractivity contribution is 5.74. The number of aromatic nitrogens is 3. The zero-order valence-corrected chi connectivity index (χ0v) is 18.2. The van der Waals surface area contributed by atoms with E-state index >= 15 is 0 Å². The molecule has 4 rings (SSSR count). The SMILES string of the molecule is Cc1nc(Cn2nc(C)c(-c3ccccc3O)c(CCc3cccc(F)c3)c2=O)c(C)o1. The van der Waals surface area contributed by atoms with Crippen LogP contribution in [0.15, 0.2) is 57.7 Å². The third-order valence-electron chi connectivity index (χ3n) is 5.45. The monoisotopic (exact) mass is 433 g/mol. The first-order valence-electron chi connectivity index (χ1n) is 10.4. The van der Waals surface area contributed by atoms with Crippen LogP contribution in [0, 0.1) is 26.6 Å². The highest BCUT2D eigenvalue weighted by Crippen LogP contribution is 2.32. The Morgan fingerprint density at radius 3 is 2.53 bits per heavy atom. The molecule has 0 aliphatic carbocycles. The summed E-state index contributed by atoms with van der Waals surface area (Å²) in [6.45, 7) is 5.54. The fraction of sp³-hybridized carbons (Fsp3) is 0.240. The van der Waals surface area contributed by atoms with E-state index in [9.17, 15) is 14.3 Å². The number of hydrogen-bond acceptors (Lipinski definition) is 5. The molecule has 0 unspecified atom stereocenters. The van der Waals surface area contributed by atoms with Crippen LogP contribution in [0.4, 0.5) is 4.39 Å². The molecule has 2 aromatic heterocycles. The average molecular weight is 433 g/mol. The Bertz CT molecular complexity index is 1340. The Hall–Kier alpha value is -3.74. The summed E-state index contributed by atoms with van der Waals surface area (Å²) in [7, 11) is 0. The molecule has 0 saturated heterocycles. The Kier molecular flexibility index (Phi) is 5.90. The van der Waals surface area contributed by atoms with E-state index in [4.69, 9.17) is 4.42 Å². The summed E-state index contributed by atoms with van der Waals surface area (Å²) in [5.41, 5.74) is 3.43. The van der Waals surface area contributed by atoms with E-state index in [1.165, 1.54) is 16.8 Å². The van der Waals surface area contributed by atoms with Crippen molar-refractivity contribution >= 4 is 0 Å². The Balaban J connectivity index is 1.82. The molecule has 0 spiro atoms. The van der Waals surface area contributed by atoms with Gasteiger partial charge in [-0.3, -0.25) is 4.79 Å². The summed E-state index contributed by atoms with van der Waals surface area (Å²) < 4.78 is 20.5. The molecular formula is C25H24FN3O3. The van der Waals surface area contributed by atoms with Gasteiger partial charge < -0.3 is 9.52 Å². The van der Waals surface area contributed by atoms with Gasteiger partial charge in [-0.05, 0) is 50.5 Å². The molecule has 4 aromatic rings. The van der Waals surface area contributed by atoms with Crippen molar-refractivity contribution in [3.63, 3.8) is 0 Å². The quantitative estimate of drug-likeness (QED) is 0.484. The standard InChI is InChI=1S/C25H24FN3O3/c1-15-24(20-9-4-5-10-23(20)30)21(12-11-18-7-6-8-19(26)13-18)25(31)29(28-15)14-22-16(2)32-17(3)27-22/h4-10,13,30H,11-12,14H2,1-3H3. The summed E-state index contributed by atoms with van der Waals surface area (Å²) in [4.78, 5) is 17.9. The van der Waals surface area contributed by atoms with Crippen molar-refractivity contribution in [1.82, 2.24) is 14.8 Å². The Morgan fingerprint density at radius 2 is 1.84 bits per heavy atom. The lowest BCUT2D eigenvalue weighted by molar-refractivity contribution is 0.477. The van der Waals surface area contributed by atoms with Gasteiger partial charge in [-0.2, -0.15) is 5.10 Å². The Morgan fingerprint density at radius 1 is 1.06 bits per heavy atom. The largest absolute Gasteiger partial charge is 0.507 e. The number of halogens is 1. The van der Waals surface area contributed by atoms with Gasteiger partial charge in [0, 0.05) is 23.6 Å². The van der Waals surface area contributed by atoms with Crippen molar-refractivity contribution in [3.05, 3.63) is 98.9 Å². The van der Waals surface area contributed by atoms with Crippen LogP contribution in [-0.4, -0.2) is 19.9 Å². The second-order valence-electron chi connectivity index (χ2n) is 7.78. The second kappa shape index (κ2) is 8.78. The summed E-state index contributed by atoms with van der Waals surface area (Å²) in [6, 6.07) is 13.2.